The molecule has 0 saturated carbocycles. The van der Waals surface area contributed by atoms with Crippen LogP contribution in [0.3, 0.4) is 0 Å². The molecule has 5 aromatic rings. The summed E-state index contributed by atoms with van der Waals surface area (Å²) in [5.41, 5.74) is 3.95. The molecule has 0 aliphatic carbocycles. The number of halogens is 3. The molecule has 0 fully saturated rings. The van der Waals surface area contributed by atoms with Gasteiger partial charge in [0.25, 0.3) is 5.91 Å². The minimum Gasteiger partial charge on any atom is -0.324 e. The highest BCUT2D eigenvalue weighted by molar-refractivity contribution is 6.05. The van der Waals surface area contributed by atoms with E-state index in [1.807, 2.05) is 19.1 Å². The van der Waals surface area contributed by atoms with Crippen molar-refractivity contribution in [2.75, 3.05) is 10.6 Å². The summed E-state index contributed by atoms with van der Waals surface area (Å²) in [5, 5.41) is 5.95. The number of benzene rings is 2. The van der Waals surface area contributed by atoms with Crippen LogP contribution < -0.4 is 10.6 Å². The first-order valence-corrected chi connectivity index (χ1v) is 11.8. The molecule has 5 rings (SSSR count). The second-order valence-electron chi connectivity index (χ2n) is 8.77. The minimum absolute atomic E-state index is 0.0317. The minimum atomic E-state index is -4.42. The maximum atomic E-state index is 13.1. The number of hydrogen-bond donors (Lipinski definition) is 2. The molecule has 0 atom stereocenters. The van der Waals surface area contributed by atoms with Crippen LogP contribution in [0.1, 0.15) is 21.5 Å². The summed E-state index contributed by atoms with van der Waals surface area (Å²) in [6, 6.07) is 14.9. The lowest BCUT2D eigenvalue weighted by molar-refractivity contribution is -0.127. The lowest BCUT2D eigenvalue weighted by Crippen LogP contribution is -2.16. The number of hydrogen-bond acceptors (Lipinski definition) is 6. The van der Waals surface area contributed by atoms with Gasteiger partial charge in [0, 0.05) is 59.2 Å². The van der Waals surface area contributed by atoms with Crippen LogP contribution in [0, 0.1) is 6.92 Å². The van der Waals surface area contributed by atoms with Crippen molar-refractivity contribution in [3.8, 4) is 16.9 Å². The van der Waals surface area contributed by atoms with Gasteiger partial charge in [-0.05, 0) is 66.6 Å². The van der Waals surface area contributed by atoms with Crippen LogP contribution >= 0.6 is 0 Å². The summed E-state index contributed by atoms with van der Waals surface area (Å²) < 4.78 is 41.0. The van der Waals surface area contributed by atoms with Crippen LogP contribution in [0.4, 0.5) is 30.5 Å². The molecule has 0 spiro atoms. The molecule has 0 bridgehead atoms. The van der Waals surface area contributed by atoms with Gasteiger partial charge in [-0.3, -0.25) is 9.78 Å². The van der Waals surface area contributed by atoms with Crippen LogP contribution in [0.5, 0.6) is 0 Å². The predicted molar refractivity (Wildman–Crippen MR) is 141 cm³/mol. The molecule has 0 aliphatic heterocycles. The Morgan fingerprint density at radius 1 is 1.00 bits per heavy atom. The van der Waals surface area contributed by atoms with Crippen LogP contribution in [0.2, 0.25) is 0 Å². The Balaban J connectivity index is 1.39. The molecule has 3 aromatic heterocycles. The van der Waals surface area contributed by atoms with Gasteiger partial charge in [-0.25, -0.2) is 15.0 Å². The summed E-state index contributed by atoms with van der Waals surface area (Å²) in [5.74, 6) is -0.197. The van der Waals surface area contributed by atoms with Gasteiger partial charge >= 0.3 is 6.18 Å². The maximum absolute atomic E-state index is 13.1. The van der Waals surface area contributed by atoms with Crippen LogP contribution in [0.25, 0.3) is 16.9 Å². The Hall–Kier alpha value is -5.06. The smallest absolute Gasteiger partial charge is 0.324 e. The van der Waals surface area contributed by atoms with Crippen LogP contribution in [-0.4, -0.2) is 36.6 Å². The van der Waals surface area contributed by atoms with Gasteiger partial charge in [-0.2, -0.15) is 13.2 Å². The fraction of sp³-hybridized carbons (Fsp3) is 0.107. The summed E-state index contributed by atoms with van der Waals surface area (Å²) in [7, 11) is 0. The fourth-order valence-electron chi connectivity index (χ4n) is 3.95. The number of alkyl halides is 3. The van der Waals surface area contributed by atoms with Gasteiger partial charge in [-0.15, -0.1) is 0 Å². The summed E-state index contributed by atoms with van der Waals surface area (Å²) in [4.78, 5) is 30.0. The largest absolute Gasteiger partial charge is 0.393 e. The van der Waals surface area contributed by atoms with Gasteiger partial charge in [0.15, 0.2) is 0 Å². The first-order valence-electron chi connectivity index (χ1n) is 11.8. The van der Waals surface area contributed by atoms with E-state index in [0.717, 1.165) is 11.1 Å². The van der Waals surface area contributed by atoms with Gasteiger partial charge < -0.3 is 15.2 Å². The van der Waals surface area contributed by atoms with Crippen molar-refractivity contribution in [2.45, 2.75) is 19.5 Å². The number of anilines is 3. The zero-order chi connectivity index (χ0) is 27.4. The van der Waals surface area contributed by atoms with Crippen molar-refractivity contribution in [2.24, 2.45) is 0 Å². The van der Waals surface area contributed by atoms with Crippen molar-refractivity contribution in [1.29, 1.82) is 0 Å². The lowest BCUT2D eigenvalue weighted by atomic mass is 10.1. The van der Waals surface area contributed by atoms with E-state index in [0.29, 0.717) is 28.7 Å². The zero-order valence-electron chi connectivity index (χ0n) is 20.6. The molecule has 3 heterocycles. The second kappa shape index (κ2) is 10.7. The first kappa shape index (κ1) is 25.6. The van der Waals surface area contributed by atoms with E-state index >= 15 is 0 Å². The number of nitrogens with zero attached hydrogens (tertiary/aromatic N) is 5. The van der Waals surface area contributed by atoms with Gasteiger partial charge in [0.1, 0.15) is 0 Å². The lowest BCUT2D eigenvalue weighted by Gasteiger charge is -2.14. The van der Waals surface area contributed by atoms with Crippen LogP contribution in [0.15, 0.2) is 91.9 Å². The molecule has 0 unspecified atom stereocenters. The Morgan fingerprint density at radius 3 is 2.62 bits per heavy atom. The summed E-state index contributed by atoms with van der Waals surface area (Å²) >= 11 is 0. The molecule has 0 radical (unpaired) electrons. The van der Waals surface area contributed by atoms with Crippen molar-refractivity contribution < 1.29 is 18.0 Å². The Kier molecular flexibility index (Phi) is 7.04. The third-order valence-corrected chi connectivity index (χ3v) is 5.80. The highest BCUT2D eigenvalue weighted by Crippen LogP contribution is 2.27. The van der Waals surface area contributed by atoms with E-state index in [4.69, 9.17) is 0 Å². The molecule has 8 nitrogen and oxygen atoms in total. The molecule has 196 valence electrons. The fourth-order valence-corrected chi connectivity index (χ4v) is 3.95. The van der Waals surface area contributed by atoms with E-state index in [9.17, 15) is 18.0 Å². The number of rotatable bonds is 7. The molecule has 0 aliphatic rings. The third kappa shape index (κ3) is 6.45. The molecule has 2 aromatic carbocycles. The topological polar surface area (TPSA) is 97.6 Å². The number of carbonyl (C=O) groups is 1. The predicted octanol–water partition coefficient (Wildman–Crippen LogP) is 6.13. The Morgan fingerprint density at radius 2 is 1.87 bits per heavy atom. The maximum Gasteiger partial charge on any atom is 0.393 e. The summed E-state index contributed by atoms with van der Waals surface area (Å²) in [6.07, 6.45) is 3.99. The Bertz CT molecular complexity index is 1600. The molecular weight excluding hydrogens is 507 g/mol. The standard InChI is InChI=1S/C28H22F3N7O/c1-18-4-5-22(14-25(18)37-27-34-8-6-24(36-27)20-3-2-7-32-16-20)35-26(39)21-11-19(15-28(29,30)31)12-23(13-21)38-10-9-33-17-38/h2-14,16-17H,15H2,1H3,(H,35,39)(H,34,36,37). The highest BCUT2D eigenvalue weighted by atomic mass is 19.4. The zero-order valence-corrected chi connectivity index (χ0v) is 20.6. The van der Waals surface area contributed by atoms with Crippen molar-refractivity contribution in [1.82, 2.24) is 24.5 Å². The van der Waals surface area contributed by atoms with E-state index in [1.165, 1.54) is 30.7 Å². The number of aromatic nitrogens is 5. The van der Waals surface area contributed by atoms with Gasteiger partial charge in [0.2, 0.25) is 5.95 Å². The van der Waals surface area contributed by atoms with Crippen LogP contribution in [-0.2, 0) is 6.42 Å². The number of imidazole rings is 1. The molecule has 1 amide bonds. The van der Waals surface area contributed by atoms with E-state index in [1.54, 1.807) is 53.6 Å². The number of nitrogens with one attached hydrogen (secondary N) is 2. The third-order valence-electron chi connectivity index (χ3n) is 5.80. The first-order chi connectivity index (χ1) is 18.7. The second-order valence-corrected chi connectivity index (χ2v) is 8.77. The van der Waals surface area contributed by atoms with E-state index in [-0.39, 0.29) is 11.1 Å². The molecule has 2 N–H and O–H groups in total. The van der Waals surface area contributed by atoms with Crippen molar-refractivity contribution in [3.63, 3.8) is 0 Å². The van der Waals surface area contributed by atoms with Gasteiger partial charge in [-0.1, -0.05) is 6.07 Å². The monoisotopic (exact) mass is 529 g/mol. The SMILES string of the molecule is Cc1ccc(NC(=O)c2cc(CC(F)(F)F)cc(-n3ccnc3)c2)cc1Nc1nccc(-c2cccnc2)n1. The molecule has 0 saturated heterocycles. The normalized spacial score (nSPS) is 11.3. The van der Waals surface area contributed by atoms with E-state index in [2.05, 4.69) is 30.6 Å². The Labute approximate surface area is 221 Å². The average molecular weight is 530 g/mol. The van der Waals surface area contributed by atoms with Crippen molar-refractivity contribution in [3.05, 3.63) is 109 Å². The molecule has 11 heteroatoms. The summed E-state index contributed by atoms with van der Waals surface area (Å²) in [6.45, 7) is 1.89. The van der Waals surface area contributed by atoms with Crippen molar-refractivity contribution >= 4 is 23.2 Å². The van der Waals surface area contributed by atoms with E-state index < -0.39 is 18.5 Å². The quantitative estimate of drug-likeness (QED) is 0.263. The number of aryl methyl sites for hydroxylation is 1. The highest BCUT2D eigenvalue weighted by Gasteiger charge is 2.28. The molecular formula is C28H22F3N7O. The number of amides is 1. The average Bonchev–Trinajstić information content (AvgIpc) is 3.45. The molecule has 39 heavy (non-hydrogen) atoms. The number of carbonyl (C=O) groups excluding carboxylic acids is 1. The van der Waals surface area contributed by atoms with Gasteiger partial charge in [0.05, 0.1) is 18.4 Å². The number of pyridine rings is 1.